The van der Waals surface area contributed by atoms with E-state index in [1.807, 2.05) is 48.6 Å². The van der Waals surface area contributed by atoms with Gasteiger partial charge in [0.1, 0.15) is 11.5 Å². The zero-order valence-electron chi connectivity index (χ0n) is 11.8. The molecule has 0 N–H and O–H groups in total. The Kier molecular flexibility index (Phi) is 7.46. The minimum Gasteiger partial charge on any atom is -0.548 e. The Morgan fingerprint density at radius 1 is 0.800 bits per heavy atom. The minimum atomic E-state index is -0.740. The van der Waals surface area contributed by atoms with E-state index in [1.54, 1.807) is 0 Å². The normalized spacial score (nSPS) is 11.3. The quantitative estimate of drug-likeness (QED) is 0.489. The van der Waals surface area contributed by atoms with Crippen LogP contribution in [0.25, 0.3) is 0 Å². The minimum absolute atomic E-state index is 0.292. The van der Waals surface area contributed by atoms with Crippen LogP contribution in [0.4, 0.5) is 0 Å². The Bertz CT molecular complexity index is 416. The van der Waals surface area contributed by atoms with Crippen molar-refractivity contribution in [2.45, 2.75) is 11.1 Å². The number of allylic oxidation sites excluding steroid dienone is 4. The van der Waals surface area contributed by atoms with Crippen molar-refractivity contribution in [2.24, 2.45) is 0 Å². The highest BCUT2D eigenvalue weighted by Crippen LogP contribution is 2.21. The van der Waals surface area contributed by atoms with E-state index < -0.39 is 19.5 Å². The molecular formula is C16H22O2Si2. The standard InChI is InChI=1S/C16H22O2Si2/c1-5-15(6-2)19-17-13-10-9-11-14(12-13)18-20-16(7-3)8-4/h5-12,15-16H,1-4,19-20H2. The van der Waals surface area contributed by atoms with Crippen LogP contribution in [-0.2, 0) is 0 Å². The zero-order valence-corrected chi connectivity index (χ0v) is 14.7. The molecule has 0 aromatic heterocycles. The highest BCUT2D eigenvalue weighted by Gasteiger charge is 2.05. The maximum absolute atomic E-state index is 5.84. The van der Waals surface area contributed by atoms with Crippen molar-refractivity contribution < 1.29 is 8.85 Å². The maximum Gasteiger partial charge on any atom is 0.230 e. The fourth-order valence-electron chi connectivity index (χ4n) is 1.50. The summed E-state index contributed by atoms with van der Waals surface area (Å²) in [7, 11) is -1.48. The van der Waals surface area contributed by atoms with Gasteiger partial charge >= 0.3 is 0 Å². The fraction of sp³-hybridized carbons (Fsp3) is 0.125. The van der Waals surface area contributed by atoms with Gasteiger partial charge in [-0.05, 0) is 12.1 Å². The van der Waals surface area contributed by atoms with E-state index in [0.29, 0.717) is 11.1 Å². The van der Waals surface area contributed by atoms with Gasteiger partial charge in [-0.25, -0.2) is 0 Å². The molecule has 0 saturated heterocycles. The summed E-state index contributed by atoms with van der Waals surface area (Å²) in [4.78, 5) is 0. The predicted molar refractivity (Wildman–Crippen MR) is 93.1 cm³/mol. The lowest BCUT2D eigenvalue weighted by atomic mass is 10.3. The summed E-state index contributed by atoms with van der Waals surface area (Å²) in [6.07, 6.45) is 7.52. The van der Waals surface area contributed by atoms with Gasteiger partial charge < -0.3 is 8.85 Å². The molecule has 1 aromatic rings. The monoisotopic (exact) mass is 302 g/mol. The smallest absolute Gasteiger partial charge is 0.230 e. The van der Waals surface area contributed by atoms with Crippen molar-refractivity contribution in [1.29, 1.82) is 0 Å². The second-order valence-corrected chi connectivity index (χ2v) is 7.50. The van der Waals surface area contributed by atoms with Gasteiger partial charge in [-0.2, -0.15) is 0 Å². The Balaban J connectivity index is 2.56. The van der Waals surface area contributed by atoms with Crippen molar-refractivity contribution in [3.8, 4) is 11.5 Å². The van der Waals surface area contributed by atoms with Gasteiger partial charge in [0.2, 0.25) is 19.5 Å². The van der Waals surface area contributed by atoms with Crippen LogP contribution in [0.1, 0.15) is 0 Å². The molecule has 0 amide bonds. The second-order valence-electron chi connectivity index (χ2n) is 4.37. The van der Waals surface area contributed by atoms with E-state index in [9.17, 15) is 0 Å². The zero-order chi connectivity index (χ0) is 14.8. The topological polar surface area (TPSA) is 18.5 Å². The van der Waals surface area contributed by atoms with Crippen molar-refractivity contribution >= 4 is 19.5 Å². The molecule has 0 unspecified atom stereocenters. The van der Waals surface area contributed by atoms with Crippen LogP contribution in [-0.4, -0.2) is 19.5 Å². The molecule has 0 aliphatic heterocycles. The predicted octanol–water partition coefficient (Wildman–Crippen LogP) is 2.93. The van der Waals surface area contributed by atoms with Gasteiger partial charge in [0, 0.05) is 17.1 Å². The summed E-state index contributed by atoms with van der Waals surface area (Å²) in [5.41, 5.74) is 0.583. The number of hydrogen-bond acceptors (Lipinski definition) is 2. The van der Waals surface area contributed by atoms with Crippen LogP contribution in [0.3, 0.4) is 0 Å². The first-order valence-electron chi connectivity index (χ1n) is 6.59. The van der Waals surface area contributed by atoms with E-state index >= 15 is 0 Å². The molecule has 4 heteroatoms. The lowest BCUT2D eigenvalue weighted by molar-refractivity contribution is 0.564. The van der Waals surface area contributed by atoms with Gasteiger partial charge in [0.25, 0.3) is 0 Å². The maximum atomic E-state index is 5.84. The van der Waals surface area contributed by atoms with E-state index in [-0.39, 0.29) is 0 Å². The third-order valence-electron chi connectivity index (χ3n) is 2.90. The molecule has 0 aliphatic rings. The molecule has 2 nitrogen and oxygen atoms in total. The van der Waals surface area contributed by atoms with Crippen molar-refractivity contribution in [2.75, 3.05) is 0 Å². The summed E-state index contributed by atoms with van der Waals surface area (Å²) < 4.78 is 11.7. The molecular weight excluding hydrogens is 280 g/mol. The first-order chi connectivity index (χ1) is 9.73. The summed E-state index contributed by atoms with van der Waals surface area (Å²) in [5.74, 6) is 1.70. The van der Waals surface area contributed by atoms with Crippen molar-refractivity contribution in [1.82, 2.24) is 0 Å². The molecule has 1 aromatic carbocycles. The van der Waals surface area contributed by atoms with E-state index in [1.165, 1.54) is 0 Å². The Hall–Kier alpha value is -1.79. The van der Waals surface area contributed by atoms with Crippen molar-refractivity contribution in [3.63, 3.8) is 0 Å². The Labute approximate surface area is 126 Å². The molecule has 0 heterocycles. The SMILES string of the molecule is C=CC(C=C)[SiH2]Oc1cccc(O[SiH2]C(C=C)C=C)c1. The summed E-state index contributed by atoms with van der Waals surface area (Å²) in [5, 5.41) is 0. The van der Waals surface area contributed by atoms with Gasteiger partial charge in [-0.3, -0.25) is 0 Å². The van der Waals surface area contributed by atoms with E-state index in [2.05, 4.69) is 26.3 Å². The third-order valence-corrected chi connectivity index (χ3v) is 6.00. The molecule has 0 radical (unpaired) electrons. The van der Waals surface area contributed by atoms with Crippen LogP contribution >= 0.6 is 0 Å². The third kappa shape index (κ3) is 5.46. The molecule has 0 bridgehead atoms. The molecule has 106 valence electrons. The van der Waals surface area contributed by atoms with Gasteiger partial charge in [0.15, 0.2) is 0 Å². The molecule has 0 aliphatic carbocycles. The Morgan fingerprint density at radius 3 is 1.55 bits per heavy atom. The van der Waals surface area contributed by atoms with E-state index in [0.717, 1.165) is 11.5 Å². The van der Waals surface area contributed by atoms with Crippen molar-refractivity contribution in [3.05, 3.63) is 74.9 Å². The highest BCUT2D eigenvalue weighted by atomic mass is 28.2. The lowest BCUT2D eigenvalue weighted by Crippen LogP contribution is -2.09. The molecule has 20 heavy (non-hydrogen) atoms. The average Bonchev–Trinajstić information content (AvgIpc) is 2.50. The van der Waals surface area contributed by atoms with Gasteiger partial charge in [-0.1, -0.05) is 30.4 Å². The molecule has 0 atom stereocenters. The second kappa shape index (κ2) is 9.17. The van der Waals surface area contributed by atoms with Crippen LogP contribution in [0.2, 0.25) is 11.1 Å². The van der Waals surface area contributed by atoms with Crippen LogP contribution in [0.5, 0.6) is 11.5 Å². The van der Waals surface area contributed by atoms with Crippen LogP contribution < -0.4 is 8.85 Å². The summed E-state index contributed by atoms with van der Waals surface area (Å²) in [6.45, 7) is 15.1. The van der Waals surface area contributed by atoms with Gasteiger partial charge in [-0.15, -0.1) is 26.3 Å². The average molecular weight is 303 g/mol. The number of hydrogen-bond donors (Lipinski definition) is 0. The first kappa shape index (κ1) is 16.3. The molecule has 1 rings (SSSR count). The lowest BCUT2D eigenvalue weighted by Gasteiger charge is -2.13. The molecule has 0 fully saturated rings. The summed E-state index contributed by atoms with van der Waals surface area (Å²) >= 11 is 0. The van der Waals surface area contributed by atoms with Crippen LogP contribution in [0, 0.1) is 0 Å². The molecule has 0 saturated carbocycles. The number of benzene rings is 1. The number of rotatable bonds is 10. The molecule has 0 spiro atoms. The Morgan fingerprint density at radius 2 is 1.20 bits per heavy atom. The van der Waals surface area contributed by atoms with Gasteiger partial charge in [0.05, 0.1) is 0 Å². The first-order valence-corrected chi connectivity index (χ1v) is 9.38. The van der Waals surface area contributed by atoms with E-state index in [4.69, 9.17) is 8.85 Å². The summed E-state index contributed by atoms with van der Waals surface area (Å²) in [6, 6.07) is 7.78. The highest BCUT2D eigenvalue weighted by molar-refractivity contribution is 6.33. The fourth-order valence-corrected chi connectivity index (χ4v) is 3.18. The largest absolute Gasteiger partial charge is 0.548 e. The van der Waals surface area contributed by atoms with Crippen LogP contribution in [0.15, 0.2) is 74.9 Å².